The summed E-state index contributed by atoms with van der Waals surface area (Å²) >= 11 is 2.56. The molecule has 3 N–H and O–H groups in total. The van der Waals surface area contributed by atoms with E-state index in [1.165, 1.54) is 0 Å². The Morgan fingerprint density at radius 2 is 1.57 bits per heavy atom. The van der Waals surface area contributed by atoms with E-state index in [1.807, 2.05) is 37.3 Å². The van der Waals surface area contributed by atoms with Gasteiger partial charge in [0.15, 0.2) is 6.10 Å². The minimum absolute atomic E-state index is 0.192. The fraction of sp³-hybridized carbons (Fsp3) is 0.303. The number of benzene rings is 3. The van der Waals surface area contributed by atoms with Gasteiger partial charge < -0.3 is 14.8 Å². The summed E-state index contributed by atoms with van der Waals surface area (Å²) in [6.07, 6.45) is 1.35. The quantitative estimate of drug-likeness (QED) is 0.190. The van der Waals surface area contributed by atoms with Crippen molar-refractivity contribution in [2.75, 3.05) is 0 Å². The Bertz CT molecular complexity index is 1680. The molecular formula is C33H35N3O4S2. The highest BCUT2D eigenvalue weighted by Gasteiger charge is 2.27. The lowest BCUT2D eigenvalue weighted by molar-refractivity contribution is -0.115. The second-order valence-electron chi connectivity index (χ2n) is 12.5. The molecule has 4 aromatic rings. The Kier molecular flexibility index (Phi) is 7.94. The maximum Gasteiger partial charge on any atom is 0.290 e. The molecule has 1 atom stereocenters. The van der Waals surface area contributed by atoms with E-state index in [0.717, 1.165) is 49.3 Å². The van der Waals surface area contributed by atoms with Crippen LogP contribution in [0.1, 0.15) is 77.1 Å². The molecule has 5 rings (SSSR count). The van der Waals surface area contributed by atoms with Gasteiger partial charge in [0, 0.05) is 20.9 Å². The number of rotatable bonds is 6. The van der Waals surface area contributed by atoms with Crippen LogP contribution in [0, 0.1) is 0 Å². The van der Waals surface area contributed by atoms with Gasteiger partial charge in [-0.05, 0) is 83.6 Å². The summed E-state index contributed by atoms with van der Waals surface area (Å²) < 4.78 is 6.14. The number of nitrogens with one attached hydrogen (secondary N) is 2. The van der Waals surface area contributed by atoms with Crippen LogP contribution in [0.3, 0.4) is 0 Å². The van der Waals surface area contributed by atoms with Gasteiger partial charge in [-0.15, -0.1) is 0 Å². The Morgan fingerprint density at radius 3 is 2.14 bits per heavy atom. The lowest BCUT2D eigenvalue weighted by atomic mass is 9.79. The lowest BCUT2D eigenvalue weighted by Gasteiger charge is -2.28. The maximum absolute atomic E-state index is 11.8. The van der Waals surface area contributed by atoms with E-state index >= 15 is 0 Å². The van der Waals surface area contributed by atoms with Crippen LogP contribution in [0.4, 0.5) is 4.79 Å². The van der Waals surface area contributed by atoms with Crippen molar-refractivity contribution in [1.29, 1.82) is 0 Å². The Balaban J connectivity index is 1.33. The Morgan fingerprint density at radius 1 is 0.929 bits per heavy atom. The molecule has 2 amide bonds. The molecule has 0 aliphatic carbocycles. The maximum atomic E-state index is 11.8. The number of amides is 2. The normalized spacial score (nSPS) is 15.8. The molecule has 1 fully saturated rings. The number of fused-ring (bicyclic) bond motifs is 1. The van der Waals surface area contributed by atoms with E-state index in [-0.39, 0.29) is 28.1 Å². The fourth-order valence-corrected chi connectivity index (χ4v) is 6.31. The zero-order valence-corrected chi connectivity index (χ0v) is 26.4. The number of aromatic amines is 1. The van der Waals surface area contributed by atoms with Crippen molar-refractivity contribution in [3.8, 4) is 11.5 Å². The summed E-state index contributed by atoms with van der Waals surface area (Å²) in [5.41, 5.74) is 4.07. The smallest absolute Gasteiger partial charge is 0.290 e. The fourth-order valence-electron chi connectivity index (χ4n) is 4.69. The monoisotopic (exact) mass is 601 g/mol. The average Bonchev–Trinajstić information content (AvgIpc) is 3.46. The number of aromatic hydroxyl groups is 1. The molecule has 1 saturated heterocycles. The summed E-state index contributed by atoms with van der Waals surface area (Å²) in [5, 5.41) is 13.0. The van der Waals surface area contributed by atoms with Gasteiger partial charge >= 0.3 is 0 Å². The first-order valence-electron chi connectivity index (χ1n) is 13.7. The Labute approximate surface area is 254 Å². The lowest BCUT2D eigenvalue weighted by Crippen LogP contribution is -2.17. The Hall–Kier alpha value is -3.69. The number of thioether (sulfide) groups is 1. The van der Waals surface area contributed by atoms with E-state index in [4.69, 9.17) is 9.72 Å². The molecule has 1 aromatic heterocycles. The van der Waals surface area contributed by atoms with Gasteiger partial charge in [-0.2, -0.15) is 0 Å². The number of phenols is 1. The number of hydrogen-bond acceptors (Lipinski definition) is 7. The van der Waals surface area contributed by atoms with E-state index < -0.39 is 0 Å². The number of imide groups is 1. The number of carbonyl (C=O) groups excluding carboxylic acids is 2. The molecule has 2 heterocycles. The summed E-state index contributed by atoms with van der Waals surface area (Å²) in [6.45, 7) is 14.7. The van der Waals surface area contributed by atoms with Crippen molar-refractivity contribution in [3.05, 3.63) is 82.0 Å². The molecule has 1 unspecified atom stereocenters. The van der Waals surface area contributed by atoms with Crippen molar-refractivity contribution >= 4 is 51.8 Å². The van der Waals surface area contributed by atoms with Gasteiger partial charge in [-0.3, -0.25) is 14.9 Å². The van der Waals surface area contributed by atoms with Crippen LogP contribution in [0.25, 0.3) is 17.1 Å². The molecule has 0 saturated carbocycles. The minimum Gasteiger partial charge on any atom is -0.507 e. The molecule has 218 valence electrons. The first-order valence-corrected chi connectivity index (χ1v) is 15.4. The van der Waals surface area contributed by atoms with Gasteiger partial charge in [-0.1, -0.05) is 65.4 Å². The SMILES string of the molecule is CC(Oc1ccc(C=C2SC(=O)NC2=O)cc1)c1nc2ccc(Sc3cc(C(C)(C)C)c(O)c(C(C)(C)C)c3)cc2[nH]1. The summed E-state index contributed by atoms with van der Waals surface area (Å²) in [7, 11) is 0. The second-order valence-corrected chi connectivity index (χ2v) is 14.6. The molecule has 9 heteroatoms. The highest BCUT2D eigenvalue weighted by atomic mass is 32.2. The molecule has 0 bridgehead atoms. The van der Waals surface area contributed by atoms with Crippen LogP contribution in [0.5, 0.6) is 11.5 Å². The number of phenolic OH excluding ortho intramolecular Hbond substituents is 1. The topological polar surface area (TPSA) is 104 Å². The predicted octanol–water partition coefficient (Wildman–Crippen LogP) is 8.48. The van der Waals surface area contributed by atoms with Gasteiger partial charge in [0.05, 0.1) is 15.9 Å². The molecule has 0 radical (unpaired) electrons. The van der Waals surface area contributed by atoms with Crippen molar-refractivity contribution in [2.24, 2.45) is 0 Å². The highest BCUT2D eigenvalue weighted by Crippen LogP contribution is 2.43. The average molecular weight is 602 g/mol. The molecule has 7 nitrogen and oxygen atoms in total. The number of ether oxygens (including phenoxy) is 1. The van der Waals surface area contributed by atoms with E-state index in [0.29, 0.717) is 22.2 Å². The van der Waals surface area contributed by atoms with Gasteiger partial charge in [0.2, 0.25) is 0 Å². The highest BCUT2D eigenvalue weighted by molar-refractivity contribution is 8.18. The third kappa shape index (κ3) is 6.52. The molecular weight excluding hydrogens is 567 g/mol. The summed E-state index contributed by atoms with van der Waals surface area (Å²) in [6, 6.07) is 17.7. The van der Waals surface area contributed by atoms with Crippen LogP contribution < -0.4 is 10.1 Å². The number of hydrogen-bond donors (Lipinski definition) is 3. The summed E-state index contributed by atoms with van der Waals surface area (Å²) in [5.74, 6) is 1.38. The molecule has 0 spiro atoms. The molecule has 1 aliphatic rings. The van der Waals surface area contributed by atoms with Crippen LogP contribution >= 0.6 is 23.5 Å². The van der Waals surface area contributed by atoms with Crippen LogP contribution in [-0.2, 0) is 15.6 Å². The van der Waals surface area contributed by atoms with Crippen LogP contribution in [-0.4, -0.2) is 26.2 Å². The number of nitrogens with zero attached hydrogens (tertiary/aromatic N) is 1. The second kappa shape index (κ2) is 11.2. The number of carbonyl (C=O) groups is 2. The zero-order valence-electron chi connectivity index (χ0n) is 24.8. The number of H-pyrrole nitrogens is 1. The largest absolute Gasteiger partial charge is 0.507 e. The van der Waals surface area contributed by atoms with E-state index in [2.05, 4.69) is 76.1 Å². The minimum atomic E-state index is -0.377. The van der Waals surface area contributed by atoms with E-state index in [1.54, 1.807) is 17.8 Å². The van der Waals surface area contributed by atoms with Crippen molar-refractivity contribution in [2.45, 2.75) is 75.2 Å². The van der Waals surface area contributed by atoms with Crippen molar-refractivity contribution in [1.82, 2.24) is 15.3 Å². The third-order valence-electron chi connectivity index (χ3n) is 6.92. The number of aromatic nitrogens is 2. The van der Waals surface area contributed by atoms with Crippen LogP contribution in [0.2, 0.25) is 0 Å². The van der Waals surface area contributed by atoms with Crippen molar-refractivity contribution in [3.63, 3.8) is 0 Å². The first kappa shape index (κ1) is 29.8. The number of imidazole rings is 1. The molecule has 3 aromatic carbocycles. The van der Waals surface area contributed by atoms with Gasteiger partial charge in [0.1, 0.15) is 17.3 Å². The molecule has 42 heavy (non-hydrogen) atoms. The van der Waals surface area contributed by atoms with Gasteiger partial charge in [0.25, 0.3) is 11.1 Å². The summed E-state index contributed by atoms with van der Waals surface area (Å²) in [4.78, 5) is 33.9. The van der Waals surface area contributed by atoms with E-state index in [9.17, 15) is 14.7 Å². The molecule has 1 aliphatic heterocycles. The first-order chi connectivity index (χ1) is 19.7. The third-order valence-corrected chi connectivity index (χ3v) is 8.70. The standard InChI is InChI=1S/C33H35N3O4S2/c1-18(40-20-10-8-19(9-11-20)14-27-30(38)36-31(39)42-27)29-34-25-13-12-21(17-26(25)35-29)41-22-15-23(32(2,3)4)28(37)24(16-22)33(5,6)7/h8-18,37H,1-7H3,(H,34,35)(H,36,38,39). The predicted molar refractivity (Wildman–Crippen MR) is 170 cm³/mol. The van der Waals surface area contributed by atoms with Crippen LogP contribution in [0.15, 0.2) is 69.3 Å². The van der Waals surface area contributed by atoms with Gasteiger partial charge in [-0.25, -0.2) is 4.98 Å². The van der Waals surface area contributed by atoms with Crippen molar-refractivity contribution < 1.29 is 19.4 Å². The zero-order chi connectivity index (χ0) is 30.4.